The minimum atomic E-state index is 0. The van der Waals surface area contributed by atoms with Gasteiger partial charge in [0.25, 0.3) is 0 Å². The fraction of sp³-hybridized carbons (Fsp3) is 1.00. The van der Waals surface area contributed by atoms with Crippen molar-refractivity contribution in [2.45, 2.75) is 27.7 Å². The fourth-order valence-corrected chi connectivity index (χ4v) is 0.855. The first-order valence-electron chi connectivity index (χ1n) is 3.77. The Morgan fingerprint density at radius 1 is 1.30 bits per heavy atom. The zero-order valence-electron chi connectivity index (χ0n) is 6.56. The molecule has 0 aliphatic carbocycles. The van der Waals surface area contributed by atoms with Gasteiger partial charge in [0, 0.05) is 1.43 Å². The van der Waals surface area contributed by atoms with Crippen molar-refractivity contribution < 1.29 is 1.43 Å². The topological polar surface area (TPSA) is 29.3 Å². The molecule has 0 atom stereocenters. The Labute approximate surface area is 66.9 Å². The molecule has 0 bridgehead atoms. The Morgan fingerprint density at radius 2 is 1.80 bits per heavy atom. The van der Waals surface area contributed by atoms with Gasteiger partial charge in [-0.15, -0.1) is 0 Å². The average molecular weight is 148 g/mol. The van der Waals surface area contributed by atoms with Crippen LogP contribution in [0.25, 0.3) is 0 Å². The Hall–Kier alpha value is -0.0800. The van der Waals surface area contributed by atoms with Gasteiger partial charge in [-0.3, -0.25) is 0 Å². The van der Waals surface area contributed by atoms with Crippen LogP contribution in [0.1, 0.15) is 29.1 Å². The van der Waals surface area contributed by atoms with E-state index in [2.05, 4.69) is 18.7 Å². The third-order valence-electron chi connectivity index (χ3n) is 1.57. The first-order chi connectivity index (χ1) is 4.35. The lowest BCUT2D eigenvalue weighted by molar-refractivity contribution is 0.302. The van der Waals surface area contributed by atoms with E-state index in [-0.39, 0.29) is 8.85 Å². The average Bonchev–Trinajstić information content (AvgIpc) is 1.91. The summed E-state index contributed by atoms with van der Waals surface area (Å²) in [6.45, 7) is 8.63. The van der Waals surface area contributed by atoms with Crippen LogP contribution in [-0.4, -0.2) is 31.1 Å². The molecule has 0 aliphatic heterocycles. The van der Waals surface area contributed by atoms with Crippen LogP contribution >= 0.6 is 0 Å². The highest BCUT2D eigenvalue weighted by atomic mass is 15.1. The molecular formula is C8H24N2. The van der Waals surface area contributed by atoms with Gasteiger partial charge in [-0.2, -0.15) is 0 Å². The molecule has 0 fully saturated rings. The highest BCUT2D eigenvalue weighted by Crippen LogP contribution is 1.87. The van der Waals surface area contributed by atoms with E-state index >= 15 is 0 Å². The molecule has 0 rings (SSSR count). The molecule has 0 spiro atoms. The SMILES string of the molecule is C.CCN(CC)CCCN.[HH]. The van der Waals surface area contributed by atoms with Crippen molar-refractivity contribution in [3.05, 3.63) is 0 Å². The van der Waals surface area contributed by atoms with Crippen LogP contribution in [-0.2, 0) is 0 Å². The van der Waals surface area contributed by atoms with Gasteiger partial charge in [0.15, 0.2) is 0 Å². The number of nitrogens with zero attached hydrogens (tertiary/aromatic N) is 1. The lowest BCUT2D eigenvalue weighted by atomic mass is 10.4. The Balaban J connectivity index is -0.000000320. The summed E-state index contributed by atoms with van der Waals surface area (Å²) in [7, 11) is 0. The maximum absolute atomic E-state index is 5.36. The molecule has 0 aromatic heterocycles. The lowest BCUT2D eigenvalue weighted by Gasteiger charge is -2.16. The standard InChI is InChI=1S/C7H18N2.CH4.H2/c1-3-9(4-2)7-5-6-8;;/h3-8H2,1-2H3;1H4;1H. The van der Waals surface area contributed by atoms with Crippen molar-refractivity contribution in [2.75, 3.05) is 26.2 Å². The van der Waals surface area contributed by atoms with E-state index < -0.39 is 0 Å². The van der Waals surface area contributed by atoms with Gasteiger partial charge in [-0.05, 0) is 32.6 Å². The molecule has 0 aromatic rings. The van der Waals surface area contributed by atoms with Gasteiger partial charge in [0.2, 0.25) is 0 Å². The van der Waals surface area contributed by atoms with Gasteiger partial charge in [0.1, 0.15) is 0 Å². The monoisotopic (exact) mass is 148 g/mol. The zero-order valence-corrected chi connectivity index (χ0v) is 6.56. The van der Waals surface area contributed by atoms with Crippen molar-refractivity contribution in [3.8, 4) is 0 Å². The highest BCUT2D eigenvalue weighted by Gasteiger charge is 1.94. The molecule has 2 N–H and O–H groups in total. The van der Waals surface area contributed by atoms with Crippen LogP contribution in [0.15, 0.2) is 0 Å². The summed E-state index contributed by atoms with van der Waals surface area (Å²) in [6.07, 6.45) is 1.13. The minimum Gasteiger partial charge on any atom is -0.330 e. The zero-order chi connectivity index (χ0) is 7.11. The third kappa shape index (κ3) is 6.05. The van der Waals surface area contributed by atoms with E-state index in [9.17, 15) is 0 Å². The number of nitrogens with two attached hydrogens (primary N) is 1. The third-order valence-corrected chi connectivity index (χ3v) is 1.57. The number of hydrogen-bond donors (Lipinski definition) is 1. The van der Waals surface area contributed by atoms with Crippen molar-refractivity contribution >= 4 is 0 Å². The molecular weight excluding hydrogens is 124 g/mol. The Bertz CT molecular complexity index is 56.1. The quantitative estimate of drug-likeness (QED) is 0.641. The lowest BCUT2D eigenvalue weighted by Crippen LogP contribution is -2.25. The molecule has 0 aromatic carbocycles. The number of rotatable bonds is 5. The summed E-state index contributed by atoms with van der Waals surface area (Å²) in [5.41, 5.74) is 5.36. The molecule has 0 unspecified atom stereocenters. The largest absolute Gasteiger partial charge is 0.330 e. The van der Waals surface area contributed by atoms with Gasteiger partial charge in [0.05, 0.1) is 0 Å². The van der Waals surface area contributed by atoms with Crippen LogP contribution in [0.4, 0.5) is 0 Å². The minimum absolute atomic E-state index is 0. The highest BCUT2D eigenvalue weighted by molar-refractivity contribution is 4.51. The van der Waals surface area contributed by atoms with Crippen LogP contribution in [0.2, 0.25) is 0 Å². The molecule has 0 amide bonds. The summed E-state index contributed by atoms with van der Waals surface area (Å²) in [5.74, 6) is 0. The van der Waals surface area contributed by atoms with Gasteiger partial charge >= 0.3 is 0 Å². The summed E-state index contributed by atoms with van der Waals surface area (Å²) in [4.78, 5) is 2.38. The van der Waals surface area contributed by atoms with Crippen LogP contribution in [0.5, 0.6) is 0 Å². The molecule has 0 saturated carbocycles. The first kappa shape index (κ1) is 12.6. The van der Waals surface area contributed by atoms with E-state index in [1.54, 1.807) is 0 Å². The van der Waals surface area contributed by atoms with Crippen molar-refractivity contribution in [2.24, 2.45) is 5.73 Å². The van der Waals surface area contributed by atoms with E-state index in [0.717, 1.165) is 32.6 Å². The second-order valence-corrected chi connectivity index (χ2v) is 2.17. The van der Waals surface area contributed by atoms with Crippen molar-refractivity contribution in [3.63, 3.8) is 0 Å². The van der Waals surface area contributed by atoms with Gasteiger partial charge in [-0.25, -0.2) is 0 Å². The van der Waals surface area contributed by atoms with E-state index in [1.807, 2.05) is 0 Å². The van der Waals surface area contributed by atoms with E-state index in [0.29, 0.717) is 0 Å². The molecule has 0 radical (unpaired) electrons. The molecule has 0 aliphatic rings. The molecule has 2 nitrogen and oxygen atoms in total. The molecule has 10 heavy (non-hydrogen) atoms. The van der Waals surface area contributed by atoms with Crippen LogP contribution in [0.3, 0.4) is 0 Å². The molecule has 66 valence electrons. The maximum atomic E-state index is 5.36. The summed E-state index contributed by atoms with van der Waals surface area (Å²) in [6, 6.07) is 0. The normalized spacial score (nSPS) is 9.60. The van der Waals surface area contributed by atoms with Crippen molar-refractivity contribution in [1.82, 2.24) is 4.90 Å². The van der Waals surface area contributed by atoms with Gasteiger partial charge < -0.3 is 10.6 Å². The van der Waals surface area contributed by atoms with Crippen LogP contribution in [0, 0.1) is 0 Å². The predicted molar refractivity (Wildman–Crippen MR) is 50.3 cm³/mol. The smallest absolute Gasteiger partial charge is 0 e. The predicted octanol–water partition coefficient (Wildman–Crippen LogP) is 1.56. The fourth-order valence-electron chi connectivity index (χ4n) is 0.855. The molecule has 2 heteroatoms. The van der Waals surface area contributed by atoms with Crippen LogP contribution < -0.4 is 5.73 Å². The second kappa shape index (κ2) is 8.92. The van der Waals surface area contributed by atoms with Gasteiger partial charge in [-0.1, -0.05) is 21.3 Å². The molecule has 0 saturated heterocycles. The van der Waals surface area contributed by atoms with E-state index in [1.165, 1.54) is 0 Å². The first-order valence-corrected chi connectivity index (χ1v) is 3.77. The second-order valence-electron chi connectivity index (χ2n) is 2.17. The summed E-state index contributed by atoms with van der Waals surface area (Å²) >= 11 is 0. The number of hydrogen-bond acceptors (Lipinski definition) is 2. The maximum Gasteiger partial charge on any atom is 0 e. The molecule has 0 heterocycles. The van der Waals surface area contributed by atoms with E-state index in [4.69, 9.17) is 5.73 Å². The van der Waals surface area contributed by atoms with Crippen molar-refractivity contribution in [1.29, 1.82) is 0 Å². The Morgan fingerprint density at radius 3 is 2.10 bits per heavy atom. The Kier molecular flexibility index (Phi) is 11.2. The summed E-state index contributed by atoms with van der Waals surface area (Å²) in [5, 5.41) is 0. The summed E-state index contributed by atoms with van der Waals surface area (Å²) < 4.78 is 0.